The molecule has 0 saturated carbocycles. The van der Waals surface area contributed by atoms with E-state index in [1.807, 2.05) is 31.2 Å². The van der Waals surface area contributed by atoms with Crippen LogP contribution in [0.15, 0.2) is 36.4 Å². The van der Waals surface area contributed by atoms with Gasteiger partial charge in [0.2, 0.25) is 10.0 Å². The van der Waals surface area contributed by atoms with Gasteiger partial charge in [-0.3, -0.25) is 4.72 Å². The number of benzene rings is 1. The highest BCUT2D eigenvalue weighted by atomic mass is 32.2. The second kappa shape index (κ2) is 6.40. The summed E-state index contributed by atoms with van der Waals surface area (Å²) >= 11 is 0. The lowest BCUT2D eigenvalue weighted by Gasteiger charge is -2.11. The van der Waals surface area contributed by atoms with E-state index < -0.39 is 10.0 Å². The van der Waals surface area contributed by atoms with Crippen molar-refractivity contribution in [1.82, 2.24) is 10.2 Å². The standard InChI is InChI=1S/C13H16N4O3S/c1-3-20-11-7-5-4-6-10(11)14-12-8-9-13(16-15-12)17-21(2,18)19/h4-9H,3H2,1-2H3,(H,14,15)(H,16,17). The first-order valence-electron chi connectivity index (χ1n) is 6.28. The van der Waals surface area contributed by atoms with Crippen molar-refractivity contribution in [1.29, 1.82) is 0 Å². The highest BCUT2D eigenvalue weighted by Crippen LogP contribution is 2.26. The van der Waals surface area contributed by atoms with Crippen LogP contribution in [-0.2, 0) is 10.0 Å². The molecule has 0 fully saturated rings. The molecule has 0 aliphatic carbocycles. The number of rotatable bonds is 6. The molecule has 0 saturated heterocycles. The minimum atomic E-state index is -3.36. The molecule has 0 radical (unpaired) electrons. The molecule has 1 heterocycles. The zero-order chi connectivity index (χ0) is 15.3. The fourth-order valence-electron chi connectivity index (χ4n) is 1.63. The predicted octanol–water partition coefficient (Wildman–Crippen LogP) is 1.99. The van der Waals surface area contributed by atoms with E-state index in [1.54, 1.807) is 6.07 Å². The highest BCUT2D eigenvalue weighted by Gasteiger charge is 2.06. The first-order chi connectivity index (χ1) is 9.98. The van der Waals surface area contributed by atoms with E-state index in [0.29, 0.717) is 18.2 Å². The highest BCUT2D eigenvalue weighted by molar-refractivity contribution is 7.92. The Hall–Kier alpha value is -2.35. The van der Waals surface area contributed by atoms with Gasteiger partial charge in [-0.25, -0.2) is 8.42 Å². The number of sulfonamides is 1. The molecule has 0 atom stereocenters. The summed E-state index contributed by atoms with van der Waals surface area (Å²) in [6.45, 7) is 2.46. The minimum absolute atomic E-state index is 0.168. The molecule has 0 amide bonds. The maximum Gasteiger partial charge on any atom is 0.231 e. The predicted molar refractivity (Wildman–Crippen MR) is 81.4 cm³/mol. The number of nitrogens with one attached hydrogen (secondary N) is 2. The third kappa shape index (κ3) is 4.60. The first-order valence-corrected chi connectivity index (χ1v) is 8.17. The zero-order valence-corrected chi connectivity index (χ0v) is 12.5. The lowest BCUT2D eigenvalue weighted by Crippen LogP contribution is -2.11. The van der Waals surface area contributed by atoms with E-state index in [9.17, 15) is 8.42 Å². The zero-order valence-electron chi connectivity index (χ0n) is 11.7. The first kappa shape index (κ1) is 15.0. The van der Waals surface area contributed by atoms with Gasteiger partial charge in [0.1, 0.15) is 5.75 Å². The molecule has 2 rings (SSSR count). The summed E-state index contributed by atoms with van der Waals surface area (Å²) < 4.78 is 29.9. The second-order valence-electron chi connectivity index (χ2n) is 4.23. The van der Waals surface area contributed by atoms with Crippen LogP contribution in [0.5, 0.6) is 5.75 Å². The number of para-hydroxylation sites is 2. The van der Waals surface area contributed by atoms with Gasteiger partial charge < -0.3 is 10.1 Å². The summed E-state index contributed by atoms with van der Waals surface area (Å²) in [6, 6.07) is 10.6. The molecular weight excluding hydrogens is 292 g/mol. The summed E-state index contributed by atoms with van der Waals surface area (Å²) in [7, 11) is -3.36. The van der Waals surface area contributed by atoms with Crippen LogP contribution in [0.3, 0.4) is 0 Å². The number of ether oxygens (including phenoxy) is 1. The van der Waals surface area contributed by atoms with Gasteiger partial charge in [0, 0.05) is 0 Å². The Morgan fingerprint density at radius 2 is 1.76 bits per heavy atom. The van der Waals surface area contributed by atoms with Crippen molar-refractivity contribution < 1.29 is 13.2 Å². The molecule has 0 unspecified atom stereocenters. The van der Waals surface area contributed by atoms with Gasteiger partial charge in [0.15, 0.2) is 11.6 Å². The molecule has 1 aromatic carbocycles. The van der Waals surface area contributed by atoms with Crippen LogP contribution in [0.1, 0.15) is 6.92 Å². The maximum absolute atomic E-state index is 11.1. The third-order valence-electron chi connectivity index (χ3n) is 2.40. The SMILES string of the molecule is CCOc1ccccc1Nc1ccc(NS(C)(=O)=O)nn1. The normalized spacial score (nSPS) is 11.0. The van der Waals surface area contributed by atoms with E-state index in [2.05, 4.69) is 20.2 Å². The molecule has 112 valence electrons. The van der Waals surface area contributed by atoms with E-state index in [1.165, 1.54) is 6.07 Å². The summed E-state index contributed by atoms with van der Waals surface area (Å²) in [6.07, 6.45) is 1.05. The van der Waals surface area contributed by atoms with Gasteiger partial charge in [0.25, 0.3) is 0 Å². The van der Waals surface area contributed by atoms with E-state index in [-0.39, 0.29) is 5.82 Å². The van der Waals surface area contributed by atoms with Crippen molar-refractivity contribution >= 4 is 27.3 Å². The van der Waals surface area contributed by atoms with Gasteiger partial charge in [0.05, 0.1) is 18.6 Å². The van der Waals surface area contributed by atoms with Gasteiger partial charge in [-0.05, 0) is 31.2 Å². The number of anilines is 3. The van der Waals surface area contributed by atoms with Crippen LogP contribution in [-0.4, -0.2) is 31.5 Å². The molecule has 1 aromatic heterocycles. The van der Waals surface area contributed by atoms with Crippen LogP contribution in [0.2, 0.25) is 0 Å². The molecule has 2 aromatic rings. The molecule has 21 heavy (non-hydrogen) atoms. The van der Waals surface area contributed by atoms with Crippen LogP contribution >= 0.6 is 0 Å². The van der Waals surface area contributed by atoms with Crippen molar-refractivity contribution in [3.63, 3.8) is 0 Å². The van der Waals surface area contributed by atoms with Crippen LogP contribution in [0.25, 0.3) is 0 Å². The second-order valence-corrected chi connectivity index (χ2v) is 5.98. The van der Waals surface area contributed by atoms with Crippen molar-refractivity contribution in [2.75, 3.05) is 22.9 Å². The topological polar surface area (TPSA) is 93.2 Å². The fourth-order valence-corrected chi connectivity index (χ4v) is 2.12. The summed E-state index contributed by atoms with van der Waals surface area (Å²) in [5, 5.41) is 10.8. The van der Waals surface area contributed by atoms with Crippen molar-refractivity contribution in [3.05, 3.63) is 36.4 Å². The Kier molecular flexibility index (Phi) is 4.59. The Morgan fingerprint density at radius 3 is 2.38 bits per heavy atom. The smallest absolute Gasteiger partial charge is 0.231 e. The molecule has 0 bridgehead atoms. The molecule has 0 aliphatic rings. The molecular formula is C13H16N4O3S. The number of nitrogens with zero attached hydrogens (tertiary/aromatic N) is 2. The van der Waals surface area contributed by atoms with E-state index >= 15 is 0 Å². The molecule has 0 aliphatic heterocycles. The van der Waals surface area contributed by atoms with E-state index in [4.69, 9.17) is 4.74 Å². The van der Waals surface area contributed by atoms with Crippen LogP contribution in [0.4, 0.5) is 17.3 Å². The summed E-state index contributed by atoms with van der Waals surface area (Å²) in [4.78, 5) is 0. The number of aromatic nitrogens is 2. The number of hydrogen-bond donors (Lipinski definition) is 2. The molecule has 0 spiro atoms. The van der Waals surface area contributed by atoms with E-state index in [0.717, 1.165) is 11.9 Å². The van der Waals surface area contributed by atoms with Gasteiger partial charge in [-0.15, -0.1) is 10.2 Å². The summed E-state index contributed by atoms with van der Waals surface area (Å²) in [5.41, 5.74) is 0.762. The number of hydrogen-bond acceptors (Lipinski definition) is 6. The van der Waals surface area contributed by atoms with Crippen molar-refractivity contribution in [2.24, 2.45) is 0 Å². The minimum Gasteiger partial charge on any atom is -0.492 e. The van der Waals surface area contributed by atoms with Gasteiger partial charge in [-0.2, -0.15) is 0 Å². The Bertz CT molecular complexity index is 702. The monoisotopic (exact) mass is 308 g/mol. The fraction of sp³-hybridized carbons (Fsp3) is 0.231. The van der Waals surface area contributed by atoms with Crippen molar-refractivity contribution in [3.8, 4) is 5.75 Å². The Balaban J connectivity index is 2.14. The lowest BCUT2D eigenvalue weighted by atomic mass is 10.3. The van der Waals surface area contributed by atoms with Crippen molar-refractivity contribution in [2.45, 2.75) is 6.92 Å². The average molecular weight is 308 g/mol. The molecule has 2 N–H and O–H groups in total. The third-order valence-corrected chi connectivity index (χ3v) is 2.98. The lowest BCUT2D eigenvalue weighted by molar-refractivity contribution is 0.342. The van der Waals surface area contributed by atoms with Crippen LogP contribution < -0.4 is 14.8 Å². The average Bonchev–Trinajstić information content (AvgIpc) is 2.42. The van der Waals surface area contributed by atoms with Gasteiger partial charge in [-0.1, -0.05) is 12.1 Å². The maximum atomic E-state index is 11.1. The Morgan fingerprint density at radius 1 is 1.10 bits per heavy atom. The van der Waals surface area contributed by atoms with Crippen LogP contribution in [0, 0.1) is 0 Å². The van der Waals surface area contributed by atoms with Gasteiger partial charge >= 0.3 is 0 Å². The Labute approximate surface area is 123 Å². The largest absolute Gasteiger partial charge is 0.492 e. The molecule has 8 heteroatoms. The quantitative estimate of drug-likeness (QED) is 0.847. The molecule has 7 nitrogen and oxygen atoms in total. The summed E-state index contributed by atoms with van der Waals surface area (Å²) in [5.74, 6) is 1.36.